The molecule has 0 aromatic heterocycles. The highest BCUT2D eigenvalue weighted by Gasteiger charge is 2.95. The van der Waals surface area contributed by atoms with Crippen molar-refractivity contribution >= 4 is 5.97 Å². The van der Waals surface area contributed by atoms with E-state index in [2.05, 4.69) is 16.1 Å². The number of hydrogen-bond acceptors (Lipinski definition) is 4. The largest absolute Gasteiger partial charge is 0.453 e. The molecule has 34 heavy (non-hydrogen) atoms. The van der Waals surface area contributed by atoms with Gasteiger partial charge in [-0.25, -0.2) is 9.18 Å². The predicted molar refractivity (Wildman–Crippen MR) is 78.1 cm³/mol. The summed E-state index contributed by atoms with van der Waals surface area (Å²) < 4.78 is 206. The quantitative estimate of drug-likeness (QED) is 0.179. The molecule has 0 bridgehead atoms. The summed E-state index contributed by atoms with van der Waals surface area (Å²) in [5.41, 5.74) is -9.12. The van der Waals surface area contributed by atoms with Crippen molar-refractivity contribution in [2.75, 3.05) is 7.11 Å². The number of halogens is 15. The van der Waals surface area contributed by atoms with E-state index in [1.807, 2.05) is 0 Å². The van der Waals surface area contributed by atoms with Crippen LogP contribution in [0.4, 0.5) is 65.9 Å². The highest BCUT2D eigenvalue weighted by atomic mass is 19.4. The van der Waals surface area contributed by atoms with E-state index >= 15 is 0 Å². The van der Waals surface area contributed by atoms with E-state index in [4.69, 9.17) is 0 Å². The maximum Gasteiger partial charge on any atom is 0.438 e. The van der Waals surface area contributed by atoms with Crippen LogP contribution in [0, 0.1) is 0 Å². The molecule has 0 aliphatic heterocycles. The molecule has 0 aromatic rings. The second-order valence-corrected chi connectivity index (χ2v) is 6.64. The first-order valence-corrected chi connectivity index (χ1v) is 8.08. The summed E-state index contributed by atoms with van der Waals surface area (Å²) in [5.74, 6) is -33.4. The van der Waals surface area contributed by atoms with Crippen LogP contribution < -0.4 is 0 Å². The summed E-state index contributed by atoms with van der Waals surface area (Å²) in [6.45, 7) is 3.68. The first kappa shape index (κ1) is 32.1. The van der Waals surface area contributed by atoms with Crippen LogP contribution in [0.1, 0.15) is 13.3 Å². The molecule has 4 nitrogen and oxygen atoms in total. The third kappa shape index (κ3) is 5.03. The molecule has 0 aromatic carbocycles. The van der Waals surface area contributed by atoms with Crippen LogP contribution in [0.5, 0.6) is 0 Å². The van der Waals surface area contributed by atoms with Gasteiger partial charge in [-0.15, -0.1) is 0 Å². The van der Waals surface area contributed by atoms with E-state index in [1.165, 1.54) is 0 Å². The van der Waals surface area contributed by atoms with E-state index in [0.29, 0.717) is 7.11 Å². The van der Waals surface area contributed by atoms with Crippen LogP contribution in [-0.4, -0.2) is 72.3 Å². The Morgan fingerprint density at radius 1 is 0.794 bits per heavy atom. The van der Waals surface area contributed by atoms with Gasteiger partial charge in [-0.05, 0) is 6.92 Å². The molecular formula is C15H13F15O4. The fraction of sp³-hybridized carbons (Fsp3) is 0.800. The van der Waals surface area contributed by atoms with Gasteiger partial charge in [-0.2, -0.15) is 61.5 Å². The minimum Gasteiger partial charge on any atom is -0.453 e. The third-order valence-corrected chi connectivity index (χ3v) is 4.09. The number of esters is 1. The lowest BCUT2D eigenvalue weighted by Crippen LogP contribution is -2.75. The highest BCUT2D eigenvalue weighted by Crippen LogP contribution is 2.64. The molecule has 1 N–H and O–H groups in total. The lowest BCUT2D eigenvalue weighted by atomic mass is 9.84. The molecule has 2 atom stereocenters. The van der Waals surface area contributed by atoms with Gasteiger partial charge in [-0.1, -0.05) is 6.58 Å². The van der Waals surface area contributed by atoms with Crippen molar-refractivity contribution in [1.82, 2.24) is 0 Å². The fourth-order valence-corrected chi connectivity index (χ4v) is 2.13. The molecule has 19 heteroatoms. The van der Waals surface area contributed by atoms with Crippen LogP contribution in [0.25, 0.3) is 0 Å². The summed E-state index contributed by atoms with van der Waals surface area (Å²) in [7, 11) is 0.426. The minimum absolute atomic E-state index is 0.426. The second-order valence-electron chi connectivity index (χ2n) is 6.64. The van der Waals surface area contributed by atoms with Crippen molar-refractivity contribution in [1.29, 1.82) is 0 Å². The monoisotopic (exact) mass is 542 g/mol. The van der Waals surface area contributed by atoms with Gasteiger partial charge in [0.1, 0.15) is 0 Å². The number of alkyl halides is 15. The third-order valence-electron chi connectivity index (χ3n) is 4.09. The van der Waals surface area contributed by atoms with Gasteiger partial charge in [0.05, 0.1) is 6.42 Å². The smallest absolute Gasteiger partial charge is 0.438 e. The molecule has 2 unspecified atom stereocenters. The Bertz CT molecular complexity index is 742. The summed E-state index contributed by atoms with van der Waals surface area (Å²) >= 11 is 0. The summed E-state index contributed by atoms with van der Waals surface area (Å²) in [6, 6.07) is 0. The molecule has 0 aliphatic rings. The standard InChI is InChI=1S/C15H13F15O4/c1-5(2)7(31)34-6(8(32)33-3)4-9(16,17)11(19,20)13(23,24)12(21,22)10(18,14(25,26)27)15(28,29)30/h6,8,32H,1,4H2,2-3H3. The molecule has 0 rings (SSSR count). The lowest BCUT2D eigenvalue weighted by molar-refractivity contribution is -0.458. The summed E-state index contributed by atoms with van der Waals surface area (Å²) in [5, 5.41) is 9.28. The first-order chi connectivity index (χ1) is 14.7. The molecule has 0 fully saturated rings. The van der Waals surface area contributed by atoms with Gasteiger partial charge in [0.2, 0.25) is 0 Å². The molecule has 0 saturated heterocycles. The van der Waals surface area contributed by atoms with Crippen LogP contribution in [0.3, 0.4) is 0 Å². The zero-order chi connectivity index (χ0) is 27.9. The fourth-order valence-electron chi connectivity index (χ4n) is 2.13. The van der Waals surface area contributed by atoms with Gasteiger partial charge >= 0.3 is 47.7 Å². The summed E-state index contributed by atoms with van der Waals surface area (Å²) in [4.78, 5) is 11.3. The number of ether oxygens (including phenoxy) is 2. The van der Waals surface area contributed by atoms with E-state index in [9.17, 15) is 75.8 Å². The number of carbonyl (C=O) groups is 1. The van der Waals surface area contributed by atoms with Crippen molar-refractivity contribution in [3.05, 3.63) is 12.2 Å². The average molecular weight is 542 g/mol. The maximum atomic E-state index is 14.0. The molecule has 0 saturated carbocycles. The number of hydrogen-bond donors (Lipinski definition) is 1. The Hall–Kier alpha value is -1.92. The second kappa shape index (κ2) is 9.27. The number of aliphatic hydroxyl groups excluding tert-OH is 1. The first-order valence-electron chi connectivity index (χ1n) is 8.08. The van der Waals surface area contributed by atoms with E-state index in [0.717, 1.165) is 6.92 Å². The zero-order valence-electron chi connectivity index (χ0n) is 16.4. The Morgan fingerprint density at radius 3 is 1.47 bits per heavy atom. The molecule has 0 radical (unpaired) electrons. The lowest BCUT2D eigenvalue weighted by Gasteiger charge is -2.43. The Morgan fingerprint density at radius 2 is 1.18 bits per heavy atom. The average Bonchev–Trinajstić information content (AvgIpc) is 2.63. The van der Waals surface area contributed by atoms with E-state index < -0.39 is 72.1 Å². The van der Waals surface area contributed by atoms with Crippen LogP contribution >= 0.6 is 0 Å². The number of carbonyl (C=O) groups excluding carboxylic acids is 1. The van der Waals surface area contributed by atoms with Gasteiger partial charge in [0.15, 0.2) is 12.4 Å². The van der Waals surface area contributed by atoms with Crippen molar-refractivity contribution in [3.63, 3.8) is 0 Å². The highest BCUT2D eigenvalue weighted by molar-refractivity contribution is 5.87. The molecule has 202 valence electrons. The van der Waals surface area contributed by atoms with Gasteiger partial charge in [0.25, 0.3) is 0 Å². The van der Waals surface area contributed by atoms with Crippen LogP contribution in [0.15, 0.2) is 12.2 Å². The van der Waals surface area contributed by atoms with Gasteiger partial charge < -0.3 is 14.6 Å². The number of rotatable bonds is 10. The Kier molecular flexibility index (Phi) is 8.75. The molecule has 0 aliphatic carbocycles. The predicted octanol–water partition coefficient (Wildman–Crippen LogP) is 5.20. The topological polar surface area (TPSA) is 55.8 Å². The normalized spacial score (nSPS) is 16.8. The molecular weight excluding hydrogens is 529 g/mol. The number of aliphatic hydroxyl groups is 1. The SMILES string of the molecule is C=C(C)C(=O)OC(CC(F)(F)C(F)(F)C(F)(F)C(F)(F)C(F)(C(F)(F)F)C(F)(F)F)C(O)OC. The van der Waals surface area contributed by atoms with Crippen molar-refractivity contribution < 1.29 is 85.2 Å². The molecule has 0 spiro atoms. The zero-order valence-corrected chi connectivity index (χ0v) is 16.4. The van der Waals surface area contributed by atoms with Crippen molar-refractivity contribution in [3.8, 4) is 0 Å². The van der Waals surface area contributed by atoms with Crippen molar-refractivity contribution in [2.24, 2.45) is 0 Å². The Labute approximate surface area is 179 Å². The van der Waals surface area contributed by atoms with Crippen molar-refractivity contribution in [2.45, 2.75) is 67.5 Å². The number of methoxy groups -OCH3 is 1. The van der Waals surface area contributed by atoms with E-state index in [-0.39, 0.29) is 0 Å². The maximum absolute atomic E-state index is 14.0. The molecule has 0 heterocycles. The van der Waals surface area contributed by atoms with Gasteiger partial charge in [0, 0.05) is 12.7 Å². The van der Waals surface area contributed by atoms with E-state index in [1.54, 1.807) is 0 Å². The van der Waals surface area contributed by atoms with Gasteiger partial charge in [-0.3, -0.25) is 0 Å². The minimum atomic E-state index is -8.58. The molecule has 0 amide bonds. The Balaban J connectivity index is 6.68. The van der Waals surface area contributed by atoms with Crippen LogP contribution in [0.2, 0.25) is 0 Å². The van der Waals surface area contributed by atoms with Crippen LogP contribution in [-0.2, 0) is 14.3 Å². The summed E-state index contributed by atoms with van der Waals surface area (Å²) in [6.07, 6.45) is -25.2.